The number of likely N-dealkylation sites (tertiary alicyclic amines) is 2. The Hall–Kier alpha value is -1.40. The Bertz CT molecular complexity index is 565. The SMILES string of the molecule is CN1CCCCC1CN1CC(n2cc(N3CCCC3=O)cn2)C1. The number of carbonyl (C=O) groups is 1. The molecule has 1 amide bonds. The van der Waals surface area contributed by atoms with Gasteiger partial charge in [-0.25, -0.2) is 0 Å². The molecule has 0 spiro atoms. The van der Waals surface area contributed by atoms with Gasteiger partial charge in [-0.1, -0.05) is 6.42 Å². The number of piperidine rings is 1. The van der Waals surface area contributed by atoms with Crippen LogP contribution in [0.25, 0.3) is 0 Å². The monoisotopic (exact) mass is 317 g/mol. The number of anilines is 1. The van der Waals surface area contributed by atoms with Gasteiger partial charge in [-0.15, -0.1) is 0 Å². The second-order valence-electron chi connectivity index (χ2n) is 7.33. The summed E-state index contributed by atoms with van der Waals surface area (Å²) < 4.78 is 2.06. The van der Waals surface area contributed by atoms with Crippen molar-refractivity contribution >= 4 is 11.6 Å². The fourth-order valence-corrected chi connectivity index (χ4v) is 4.12. The van der Waals surface area contributed by atoms with Crippen LogP contribution in [0.4, 0.5) is 5.69 Å². The minimum Gasteiger partial charge on any atom is -0.309 e. The van der Waals surface area contributed by atoms with Crippen LogP contribution in [0.1, 0.15) is 38.1 Å². The molecule has 23 heavy (non-hydrogen) atoms. The average molecular weight is 317 g/mol. The summed E-state index contributed by atoms with van der Waals surface area (Å²) >= 11 is 0. The molecule has 0 bridgehead atoms. The maximum atomic E-state index is 11.8. The van der Waals surface area contributed by atoms with Gasteiger partial charge in [0.15, 0.2) is 0 Å². The molecule has 3 aliphatic heterocycles. The van der Waals surface area contributed by atoms with E-state index in [4.69, 9.17) is 0 Å². The van der Waals surface area contributed by atoms with Gasteiger partial charge >= 0.3 is 0 Å². The minimum atomic E-state index is 0.236. The fourth-order valence-electron chi connectivity index (χ4n) is 4.12. The Balaban J connectivity index is 1.30. The second kappa shape index (κ2) is 6.24. The van der Waals surface area contributed by atoms with Crippen molar-refractivity contribution < 1.29 is 4.79 Å². The molecule has 126 valence electrons. The van der Waals surface area contributed by atoms with Crippen LogP contribution in [-0.2, 0) is 4.79 Å². The van der Waals surface area contributed by atoms with Crippen LogP contribution in [0.15, 0.2) is 12.4 Å². The molecule has 0 N–H and O–H groups in total. The molecule has 4 rings (SSSR count). The first-order valence-corrected chi connectivity index (χ1v) is 8.98. The first-order valence-electron chi connectivity index (χ1n) is 8.98. The van der Waals surface area contributed by atoms with Crippen molar-refractivity contribution in [2.24, 2.45) is 0 Å². The Kier molecular flexibility index (Phi) is 4.11. The molecule has 3 fully saturated rings. The molecule has 0 aromatic carbocycles. The molecule has 1 aromatic heterocycles. The quantitative estimate of drug-likeness (QED) is 0.841. The second-order valence-corrected chi connectivity index (χ2v) is 7.33. The van der Waals surface area contributed by atoms with Gasteiger partial charge in [-0.05, 0) is 32.9 Å². The zero-order chi connectivity index (χ0) is 15.8. The first kappa shape index (κ1) is 15.1. The Morgan fingerprint density at radius 2 is 2.09 bits per heavy atom. The van der Waals surface area contributed by atoms with Crippen LogP contribution in [0.5, 0.6) is 0 Å². The number of likely N-dealkylation sites (N-methyl/N-ethyl adjacent to an activating group) is 1. The minimum absolute atomic E-state index is 0.236. The lowest BCUT2D eigenvalue weighted by Gasteiger charge is -2.43. The number of nitrogens with zero attached hydrogens (tertiary/aromatic N) is 5. The molecule has 0 radical (unpaired) electrons. The van der Waals surface area contributed by atoms with Gasteiger partial charge in [-0.3, -0.25) is 14.4 Å². The molecule has 0 aliphatic carbocycles. The molecule has 3 aliphatic rings. The molecule has 1 unspecified atom stereocenters. The number of carbonyl (C=O) groups excluding carboxylic acids is 1. The zero-order valence-electron chi connectivity index (χ0n) is 14.0. The van der Waals surface area contributed by atoms with Gasteiger partial charge < -0.3 is 9.80 Å². The van der Waals surface area contributed by atoms with Crippen molar-refractivity contribution in [3.8, 4) is 0 Å². The van der Waals surface area contributed by atoms with Crippen LogP contribution >= 0.6 is 0 Å². The van der Waals surface area contributed by atoms with Gasteiger partial charge in [0.25, 0.3) is 0 Å². The average Bonchev–Trinajstić information content (AvgIpc) is 3.12. The molecule has 4 heterocycles. The third-order valence-electron chi connectivity index (χ3n) is 5.68. The van der Waals surface area contributed by atoms with Crippen molar-refractivity contribution in [2.75, 3.05) is 44.7 Å². The smallest absolute Gasteiger partial charge is 0.227 e. The maximum Gasteiger partial charge on any atom is 0.227 e. The maximum absolute atomic E-state index is 11.8. The molecule has 1 atom stereocenters. The Labute approximate surface area is 138 Å². The van der Waals surface area contributed by atoms with E-state index >= 15 is 0 Å². The van der Waals surface area contributed by atoms with E-state index in [9.17, 15) is 4.79 Å². The van der Waals surface area contributed by atoms with Gasteiger partial charge in [0.1, 0.15) is 0 Å². The highest BCUT2D eigenvalue weighted by Gasteiger charge is 2.32. The molecular formula is C17H27N5O. The van der Waals surface area contributed by atoms with E-state index in [1.807, 2.05) is 11.1 Å². The number of rotatable bonds is 4. The van der Waals surface area contributed by atoms with Crippen molar-refractivity contribution in [3.63, 3.8) is 0 Å². The van der Waals surface area contributed by atoms with Crippen molar-refractivity contribution in [3.05, 3.63) is 12.4 Å². The summed E-state index contributed by atoms with van der Waals surface area (Å²) in [6, 6.07) is 1.19. The lowest BCUT2D eigenvalue weighted by Crippen LogP contribution is -2.53. The van der Waals surface area contributed by atoms with E-state index in [1.54, 1.807) is 0 Å². The molecule has 3 saturated heterocycles. The lowest BCUT2D eigenvalue weighted by atomic mass is 10.00. The van der Waals surface area contributed by atoms with Crippen LogP contribution in [0, 0.1) is 0 Å². The molecule has 1 aromatic rings. The van der Waals surface area contributed by atoms with Crippen LogP contribution in [0.3, 0.4) is 0 Å². The predicted molar refractivity (Wildman–Crippen MR) is 89.6 cm³/mol. The number of amides is 1. The Morgan fingerprint density at radius 3 is 2.83 bits per heavy atom. The zero-order valence-corrected chi connectivity index (χ0v) is 14.0. The third-order valence-corrected chi connectivity index (χ3v) is 5.68. The van der Waals surface area contributed by atoms with Crippen molar-refractivity contribution in [1.29, 1.82) is 0 Å². The third kappa shape index (κ3) is 3.02. The summed E-state index contributed by atoms with van der Waals surface area (Å²) in [5, 5.41) is 4.50. The summed E-state index contributed by atoms with van der Waals surface area (Å²) in [5.74, 6) is 0.236. The van der Waals surface area contributed by atoms with Crippen LogP contribution in [-0.4, -0.2) is 71.3 Å². The highest BCUT2D eigenvalue weighted by molar-refractivity contribution is 5.95. The van der Waals surface area contributed by atoms with E-state index in [0.29, 0.717) is 12.5 Å². The summed E-state index contributed by atoms with van der Waals surface area (Å²) in [7, 11) is 2.26. The Morgan fingerprint density at radius 1 is 1.22 bits per heavy atom. The molecule has 6 heteroatoms. The van der Waals surface area contributed by atoms with E-state index in [0.717, 1.165) is 37.8 Å². The van der Waals surface area contributed by atoms with E-state index in [1.165, 1.54) is 32.4 Å². The predicted octanol–water partition coefficient (Wildman–Crippen LogP) is 1.35. The van der Waals surface area contributed by atoms with Crippen molar-refractivity contribution in [1.82, 2.24) is 19.6 Å². The lowest BCUT2D eigenvalue weighted by molar-refractivity contribution is -0.117. The van der Waals surface area contributed by atoms with E-state index < -0.39 is 0 Å². The normalized spacial score (nSPS) is 27.6. The van der Waals surface area contributed by atoms with Crippen molar-refractivity contribution in [2.45, 2.75) is 44.2 Å². The summed E-state index contributed by atoms with van der Waals surface area (Å²) in [6.45, 7) is 5.44. The van der Waals surface area contributed by atoms with Crippen LogP contribution < -0.4 is 4.90 Å². The van der Waals surface area contributed by atoms with Gasteiger partial charge in [0.05, 0.1) is 17.9 Å². The topological polar surface area (TPSA) is 44.6 Å². The summed E-state index contributed by atoms with van der Waals surface area (Å²) in [4.78, 5) is 18.7. The van der Waals surface area contributed by atoms with E-state index in [2.05, 4.69) is 32.8 Å². The summed E-state index contributed by atoms with van der Waals surface area (Å²) in [6.07, 6.45) is 9.60. The molecular weight excluding hydrogens is 290 g/mol. The molecule has 6 nitrogen and oxygen atoms in total. The van der Waals surface area contributed by atoms with Crippen LogP contribution in [0.2, 0.25) is 0 Å². The van der Waals surface area contributed by atoms with E-state index in [-0.39, 0.29) is 5.91 Å². The van der Waals surface area contributed by atoms with Gasteiger partial charge in [0, 0.05) is 44.8 Å². The standard InChI is InChI=1S/C17H27N5O/c1-19-7-3-2-5-14(19)10-20-11-16(12-20)22-13-15(9-18-22)21-8-4-6-17(21)23/h9,13-14,16H,2-8,10-12H2,1H3. The first-order chi connectivity index (χ1) is 11.2. The number of hydrogen-bond donors (Lipinski definition) is 0. The number of aromatic nitrogens is 2. The fraction of sp³-hybridized carbons (Fsp3) is 0.765. The largest absolute Gasteiger partial charge is 0.309 e. The highest BCUT2D eigenvalue weighted by atomic mass is 16.2. The highest BCUT2D eigenvalue weighted by Crippen LogP contribution is 2.27. The number of hydrogen-bond acceptors (Lipinski definition) is 4. The van der Waals surface area contributed by atoms with Gasteiger partial charge in [-0.2, -0.15) is 5.10 Å². The van der Waals surface area contributed by atoms with Gasteiger partial charge in [0.2, 0.25) is 5.91 Å². The summed E-state index contributed by atoms with van der Waals surface area (Å²) in [5.41, 5.74) is 0.970. The molecule has 0 saturated carbocycles.